The number of fused-ring (bicyclic) bond motifs is 1. The molecule has 4 nitrogen and oxygen atoms in total. The summed E-state index contributed by atoms with van der Waals surface area (Å²) in [5.74, 6) is 0.710. The van der Waals surface area contributed by atoms with E-state index in [0.717, 1.165) is 42.6 Å². The Morgan fingerprint density at radius 2 is 1.81 bits per heavy atom. The Hall–Kier alpha value is -1.89. The minimum atomic E-state index is 0.230. The Morgan fingerprint density at radius 3 is 2.58 bits per heavy atom. The smallest absolute Gasteiger partial charge is 0.233 e. The van der Waals surface area contributed by atoms with E-state index in [1.165, 1.54) is 10.3 Å². The van der Waals surface area contributed by atoms with Crippen LogP contribution in [0.25, 0.3) is 10.2 Å². The van der Waals surface area contributed by atoms with Gasteiger partial charge in [-0.05, 0) is 12.1 Å². The Bertz CT molecular complexity index is 840. The number of para-hydroxylation sites is 1. The van der Waals surface area contributed by atoms with E-state index in [1.54, 1.807) is 28.0 Å². The fourth-order valence-corrected chi connectivity index (χ4v) is 5.23. The fourth-order valence-electron chi connectivity index (χ4n) is 3.26. The van der Waals surface area contributed by atoms with E-state index >= 15 is 0 Å². The van der Waals surface area contributed by atoms with Gasteiger partial charge in [0, 0.05) is 5.56 Å². The van der Waals surface area contributed by atoms with Crippen LogP contribution in [0.4, 0.5) is 0 Å². The molecular weight excluding hydrogens is 362 g/mol. The van der Waals surface area contributed by atoms with Crippen molar-refractivity contribution < 1.29 is 9.69 Å². The van der Waals surface area contributed by atoms with Gasteiger partial charge in [-0.3, -0.25) is 4.79 Å². The maximum absolute atomic E-state index is 12.5. The van der Waals surface area contributed by atoms with Crippen molar-refractivity contribution in [3.05, 3.63) is 60.2 Å². The molecule has 0 spiro atoms. The Morgan fingerprint density at radius 1 is 1.08 bits per heavy atom. The Balaban J connectivity index is 1.25. The van der Waals surface area contributed by atoms with Crippen LogP contribution < -0.4 is 4.90 Å². The molecule has 0 unspecified atom stereocenters. The molecule has 1 aliphatic heterocycles. The second-order valence-corrected chi connectivity index (χ2v) is 8.78. The number of benzene rings is 2. The van der Waals surface area contributed by atoms with Gasteiger partial charge in [-0.25, -0.2) is 4.98 Å². The molecule has 0 bridgehead atoms. The van der Waals surface area contributed by atoms with E-state index in [-0.39, 0.29) is 5.91 Å². The Kier molecular flexibility index (Phi) is 5.53. The molecule has 0 saturated carbocycles. The lowest BCUT2D eigenvalue weighted by atomic mass is 10.2. The first-order chi connectivity index (χ1) is 12.8. The van der Waals surface area contributed by atoms with Gasteiger partial charge in [0.05, 0.1) is 42.1 Å². The largest absolute Gasteiger partial charge is 0.331 e. The van der Waals surface area contributed by atoms with Crippen molar-refractivity contribution in [2.24, 2.45) is 0 Å². The highest BCUT2D eigenvalue weighted by molar-refractivity contribution is 8.01. The van der Waals surface area contributed by atoms with E-state index in [4.69, 9.17) is 0 Å². The second-order valence-electron chi connectivity index (χ2n) is 6.53. The van der Waals surface area contributed by atoms with Crippen LogP contribution in [0.15, 0.2) is 58.9 Å². The van der Waals surface area contributed by atoms with Gasteiger partial charge in [-0.1, -0.05) is 54.2 Å². The summed E-state index contributed by atoms with van der Waals surface area (Å²) in [6, 6.07) is 18.7. The van der Waals surface area contributed by atoms with Crippen LogP contribution in [0, 0.1) is 0 Å². The van der Waals surface area contributed by atoms with Crippen molar-refractivity contribution in [3.8, 4) is 0 Å². The van der Waals surface area contributed by atoms with Crippen LogP contribution in [0.1, 0.15) is 5.56 Å². The molecule has 0 aliphatic carbocycles. The third-order valence-corrected chi connectivity index (χ3v) is 6.88. The maximum Gasteiger partial charge on any atom is 0.233 e. The van der Waals surface area contributed by atoms with Crippen molar-refractivity contribution in [2.75, 3.05) is 31.9 Å². The number of piperazine rings is 1. The molecule has 1 amide bonds. The minimum Gasteiger partial charge on any atom is -0.331 e. The number of thioether (sulfide) groups is 1. The van der Waals surface area contributed by atoms with Crippen LogP contribution in [0.5, 0.6) is 0 Å². The molecule has 1 N–H and O–H groups in total. The van der Waals surface area contributed by atoms with Crippen molar-refractivity contribution in [3.63, 3.8) is 0 Å². The van der Waals surface area contributed by atoms with Crippen LogP contribution in [-0.2, 0) is 11.3 Å². The number of hydrogen-bond acceptors (Lipinski definition) is 4. The van der Waals surface area contributed by atoms with Gasteiger partial charge in [0.15, 0.2) is 4.34 Å². The van der Waals surface area contributed by atoms with Crippen LogP contribution in [0.2, 0.25) is 0 Å². The number of hydrogen-bond donors (Lipinski definition) is 1. The number of nitrogens with one attached hydrogen (secondary N) is 1. The SMILES string of the molecule is O=C(CSc1nc2ccccc2s1)N1CC[NH+](Cc2ccccc2)CC1. The number of quaternary nitrogens is 1. The summed E-state index contributed by atoms with van der Waals surface area (Å²) in [7, 11) is 0. The van der Waals surface area contributed by atoms with Crippen LogP contribution in [0.3, 0.4) is 0 Å². The summed E-state index contributed by atoms with van der Waals surface area (Å²) in [6.07, 6.45) is 0. The Labute approximate surface area is 161 Å². The second kappa shape index (κ2) is 8.20. The van der Waals surface area contributed by atoms with Gasteiger partial charge in [0.1, 0.15) is 6.54 Å². The van der Waals surface area contributed by atoms with E-state index < -0.39 is 0 Å². The molecule has 2 heterocycles. The van der Waals surface area contributed by atoms with E-state index in [0.29, 0.717) is 5.75 Å². The third-order valence-electron chi connectivity index (χ3n) is 4.71. The third kappa shape index (κ3) is 4.26. The molecule has 2 aromatic carbocycles. The number of aromatic nitrogens is 1. The molecule has 0 radical (unpaired) electrons. The summed E-state index contributed by atoms with van der Waals surface area (Å²) in [5.41, 5.74) is 2.39. The van der Waals surface area contributed by atoms with Gasteiger partial charge >= 0.3 is 0 Å². The molecule has 1 fully saturated rings. The van der Waals surface area contributed by atoms with Crippen molar-refractivity contribution in [2.45, 2.75) is 10.9 Å². The number of nitrogens with zero attached hydrogens (tertiary/aromatic N) is 2. The molecule has 1 aromatic heterocycles. The van der Waals surface area contributed by atoms with Crippen molar-refractivity contribution in [1.29, 1.82) is 0 Å². The first-order valence-electron chi connectivity index (χ1n) is 8.91. The summed E-state index contributed by atoms with van der Waals surface area (Å²) in [6.45, 7) is 4.78. The summed E-state index contributed by atoms with van der Waals surface area (Å²) in [4.78, 5) is 20.7. The fraction of sp³-hybridized carbons (Fsp3) is 0.300. The monoisotopic (exact) mass is 384 g/mol. The van der Waals surface area contributed by atoms with Crippen LogP contribution >= 0.6 is 23.1 Å². The highest BCUT2D eigenvalue weighted by Gasteiger charge is 2.23. The minimum absolute atomic E-state index is 0.230. The van der Waals surface area contributed by atoms with Gasteiger partial charge in [-0.2, -0.15) is 0 Å². The first kappa shape index (κ1) is 17.5. The number of rotatable bonds is 5. The lowest BCUT2D eigenvalue weighted by Gasteiger charge is -2.32. The average molecular weight is 385 g/mol. The lowest BCUT2D eigenvalue weighted by Crippen LogP contribution is -3.13. The number of carbonyl (C=O) groups excluding carboxylic acids is 1. The average Bonchev–Trinajstić information content (AvgIpc) is 3.10. The molecule has 4 rings (SSSR count). The zero-order chi connectivity index (χ0) is 17.8. The van der Waals surface area contributed by atoms with E-state index in [1.807, 2.05) is 23.1 Å². The number of thiazole rings is 1. The van der Waals surface area contributed by atoms with Gasteiger partial charge in [0.25, 0.3) is 0 Å². The first-order valence-corrected chi connectivity index (χ1v) is 10.7. The van der Waals surface area contributed by atoms with Crippen molar-refractivity contribution >= 4 is 39.2 Å². The highest BCUT2D eigenvalue weighted by atomic mass is 32.2. The molecule has 0 atom stereocenters. The van der Waals surface area contributed by atoms with Crippen molar-refractivity contribution in [1.82, 2.24) is 9.88 Å². The zero-order valence-corrected chi connectivity index (χ0v) is 16.2. The summed E-state index contributed by atoms with van der Waals surface area (Å²) < 4.78 is 2.16. The van der Waals surface area contributed by atoms with Gasteiger partial charge < -0.3 is 9.80 Å². The molecule has 1 aliphatic rings. The molecule has 26 heavy (non-hydrogen) atoms. The van der Waals surface area contributed by atoms with Gasteiger partial charge in [-0.15, -0.1) is 11.3 Å². The molecule has 134 valence electrons. The topological polar surface area (TPSA) is 37.6 Å². The number of carbonyl (C=O) groups is 1. The standard InChI is InChI=1S/C20H21N3OS2/c24-19(15-25-20-21-17-8-4-5-9-18(17)26-20)23-12-10-22(11-13-23)14-16-6-2-1-3-7-16/h1-9H,10-15H2/p+1. The molecular formula is C20H22N3OS2+. The number of amides is 1. The molecule has 1 saturated heterocycles. The summed E-state index contributed by atoms with van der Waals surface area (Å²) >= 11 is 3.23. The molecule has 3 aromatic rings. The molecule has 6 heteroatoms. The van der Waals surface area contributed by atoms with Crippen LogP contribution in [-0.4, -0.2) is 47.7 Å². The predicted molar refractivity (Wildman–Crippen MR) is 108 cm³/mol. The van der Waals surface area contributed by atoms with Gasteiger partial charge in [0.2, 0.25) is 5.91 Å². The normalized spacial score (nSPS) is 15.5. The predicted octanol–water partition coefficient (Wildman–Crippen LogP) is 2.32. The van der Waals surface area contributed by atoms with E-state index in [9.17, 15) is 4.79 Å². The lowest BCUT2D eigenvalue weighted by molar-refractivity contribution is -0.917. The van der Waals surface area contributed by atoms with E-state index in [2.05, 4.69) is 41.4 Å². The highest BCUT2D eigenvalue weighted by Crippen LogP contribution is 2.29. The summed E-state index contributed by atoms with van der Waals surface area (Å²) in [5, 5.41) is 0. The quantitative estimate of drug-likeness (QED) is 0.686. The zero-order valence-electron chi connectivity index (χ0n) is 14.6. The maximum atomic E-state index is 12.5.